The Labute approximate surface area is 253 Å². The topological polar surface area (TPSA) is 129 Å². The second-order valence-electron chi connectivity index (χ2n) is 11.3. The number of aliphatic imine (C=N–C) groups is 1. The predicted molar refractivity (Wildman–Crippen MR) is 156 cm³/mol. The number of hydrogen-bond donors (Lipinski definition) is 2. The number of halogens is 3. The van der Waals surface area contributed by atoms with E-state index in [0.29, 0.717) is 37.1 Å². The molecule has 14 heteroatoms. The monoisotopic (exact) mass is 634 g/mol. The van der Waals surface area contributed by atoms with E-state index in [2.05, 4.69) is 15.0 Å². The molecule has 44 heavy (non-hydrogen) atoms. The van der Waals surface area contributed by atoms with Gasteiger partial charge in [0, 0.05) is 42.7 Å². The molecule has 2 saturated heterocycles. The Kier molecular flexibility index (Phi) is 8.62. The molecular weight excluding hydrogens is 601 g/mol. The highest BCUT2D eigenvalue weighted by atomic mass is 32.2. The predicted octanol–water partition coefficient (Wildman–Crippen LogP) is 3.51. The van der Waals surface area contributed by atoms with Crippen molar-refractivity contribution in [3.8, 4) is 5.75 Å². The van der Waals surface area contributed by atoms with Crippen molar-refractivity contribution in [1.82, 2.24) is 14.5 Å². The number of alkyl halides is 3. The minimum atomic E-state index is -4.87. The lowest BCUT2D eigenvalue weighted by Crippen LogP contribution is -2.50. The Balaban J connectivity index is 1.26. The molecule has 2 N–H and O–H groups in total. The van der Waals surface area contributed by atoms with Gasteiger partial charge < -0.3 is 20.1 Å². The van der Waals surface area contributed by atoms with Crippen LogP contribution in [0, 0.1) is 13.8 Å². The number of nitrogens with one attached hydrogen (secondary N) is 1. The first-order chi connectivity index (χ1) is 20.7. The van der Waals surface area contributed by atoms with Gasteiger partial charge in [-0.2, -0.15) is 4.31 Å². The maximum atomic E-state index is 13.2. The number of carbonyl (C=O) groups is 2. The van der Waals surface area contributed by atoms with Crippen molar-refractivity contribution < 1.29 is 41.0 Å². The average Bonchev–Trinajstić information content (AvgIpc) is 3.27. The van der Waals surface area contributed by atoms with Crippen molar-refractivity contribution in [2.75, 3.05) is 26.2 Å². The Bertz CT molecular complexity index is 1600. The molecule has 1 spiro atoms. The van der Waals surface area contributed by atoms with Crippen LogP contribution in [0.1, 0.15) is 58.3 Å². The van der Waals surface area contributed by atoms with Gasteiger partial charge in [0.2, 0.25) is 10.0 Å². The van der Waals surface area contributed by atoms with E-state index in [1.807, 2.05) is 0 Å². The van der Waals surface area contributed by atoms with Crippen LogP contribution in [0.5, 0.6) is 5.75 Å². The Morgan fingerprint density at radius 1 is 1.09 bits per heavy atom. The number of nitrogens with zero attached hydrogens (tertiary/aromatic N) is 3. The number of amidine groups is 1. The fourth-order valence-electron chi connectivity index (χ4n) is 5.80. The SMILES string of the molecule is Cc1cc(C(=O)N2CCC(O)CC2)cc(C)c1C=CS(=O)(=O)N1CCC2(CC1)N=C(c1cccc(OC(F)(F)F)c1)NC2=O. The van der Waals surface area contributed by atoms with Gasteiger partial charge in [-0.1, -0.05) is 12.1 Å². The van der Waals surface area contributed by atoms with Gasteiger partial charge in [-0.05, 0) is 86.6 Å². The van der Waals surface area contributed by atoms with E-state index < -0.39 is 39.7 Å². The van der Waals surface area contributed by atoms with Crippen LogP contribution in [-0.4, -0.2) is 84.6 Å². The number of aryl methyl sites for hydroxylation is 2. The number of likely N-dealkylation sites (tertiary alicyclic amines) is 1. The maximum absolute atomic E-state index is 13.2. The van der Waals surface area contributed by atoms with Crippen LogP contribution in [0.25, 0.3) is 6.08 Å². The summed E-state index contributed by atoms with van der Waals surface area (Å²) in [6.07, 6.45) is -2.50. The number of benzene rings is 2. The number of sulfonamides is 1. The van der Waals surface area contributed by atoms with Crippen molar-refractivity contribution in [1.29, 1.82) is 0 Å². The lowest BCUT2D eigenvalue weighted by Gasteiger charge is -2.34. The zero-order valence-electron chi connectivity index (χ0n) is 24.2. The summed E-state index contributed by atoms with van der Waals surface area (Å²) >= 11 is 0. The number of piperidine rings is 2. The fraction of sp³-hybridized carbons (Fsp3) is 0.433. The number of aliphatic hydroxyl groups excluding tert-OH is 1. The van der Waals surface area contributed by atoms with E-state index in [-0.39, 0.29) is 43.2 Å². The molecule has 0 atom stereocenters. The van der Waals surface area contributed by atoms with E-state index in [4.69, 9.17) is 0 Å². The lowest BCUT2D eigenvalue weighted by atomic mass is 9.89. The largest absolute Gasteiger partial charge is 0.573 e. The van der Waals surface area contributed by atoms with E-state index in [1.54, 1.807) is 30.9 Å². The van der Waals surface area contributed by atoms with E-state index in [9.17, 15) is 36.3 Å². The highest BCUT2D eigenvalue weighted by Gasteiger charge is 2.47. The number of aliphatic hydroxyl groups is 1. The van der Waals surface area contributed by atoms with E-state index in [0.717, 1.165) is 28.7 Å². The summed E-state index contributed by atoms with van der Waals surface area (Å²) in [5, 5.41) is 13.5. The van der Waals surface area contributed by atoms with Crippen LogP contribution >= 0.6 is 0 Å². The normalized spacial score (nSPS) is 19.8. The molecule has 3 heterocycles. The van der Waals surface area contributed by atoms with Gasteiger partial charge in [0.25, 0.3) is 11.8 Å². The highest BCUT2D eigenvalue weighted by Crippen LogP contribution is 2.33. The van der Waals surface area contributed by atoms with Gasteiger partial charge in [-0.3, -0.25) is 14.6 Å². The van der Waals surface area contributed by atoms with E-state index in [1.165, 1.54) is 22.5 Å². The first kappa shape index (κ1) is 31.7. The van der Waals surface area contributed by atoms with Crippen molar-refractivity contribution in [2.24, 2.45) is 4.99 Å². The highest BCUT2D eigenvalue weighted by molar-refractivity contribution is 7.92. The number of rotatable bonds is 6. The molecule has 0 saturated carbocycles. The van der Waals surface area contributed by atoms with Crippen molar-refractivity contribution in [2.45, 2.75) is 57.5 Å². The van der Waals surface area contributed by atoms with Crippen LogP contribution in [0.2, 0.25) is 0 Å². The Morgan fingerprint density at radius 2 is 1.73 bits per heavy atom. The second-order valence-corrected chi connectivity index (χ2v) is 13.1. The summed E-state index contributed by atoms with van der Waals surface area (Å²) in [7, 11) is -3.87. The first-order valence-corrected chi connectivity index (χ1v) is 15.7. The molecule has 0 unspecified atom stereocenters. The van der Waals surface area contributed by atoms with Gasteiger partial charge >= 0.3 is 6.36 Å². The van der Waals surface area contributed by atoms with Gasteiger partial charge in [0.1, 0.15) is 17.1 Å². The molecular formula is C30H33F3N4O6S. The third kappa shape index (κ3) is 6.81. The molecule has 3 aliphatic rings. The third-order valence-corrected chi connectivity index (χ3v) is 9.79. The molecule has 0 aromatic heterocycles. The molecule has 2 aromatic carbocycles. The minimum Gasteiger partial charge on any atom is -0.406 e. The van der Waals surface area contributed by atoms with Gasteiger partial charge in [0.15, 0.2) is 0 Å². The molecule has 3 aliphatic heterocycles. The standard InChI is InChI=1S/C30H33F3N4O6S/c1-19-16-22(27(39)36-11-6-23(38)7-12-36)17-20(2)25(19)8-15-44(41,42)37-13-9-29(10-14-37)28(40)34-26(35-29)21-4-3-5-24(18-21)43-30(31,32)33/h3-5,8,15-18,23,38H,6-7,9-14H2,1-2H3,(H,34,35,40). The van der Waals surface area contributed by atoms with E-state index >= 15 is 0 Å². The molecule has 2 amide bonds. The van der Waals surface area contributed by atoms with Crippen LogP contribution in [0.3, 0.4) is 0 Å². The molecule has 0 aliphatic carbocycles. The van der Waals surface area contributed by atoms with Crippen molar-refractivity contribution in [3.05, 3.63) is 69.6 Å². The molecule has 0 bridgehead atoms. The van der Waals surface area contributed by atoms with Crippen LogP contribution in [0.4, 0.5) is 13.2 Å². The average molecular weight is 635 g/mol. The Morgan fingerprint density at radius 3 is 2.34 bits per heavy atom. The summed E-state index contributed by atoms with van der Waals surface area (Å²) in [4.78, 5) is 32.1. The van der Waals surface area contributed by atoms with Gasteiger partial charge in [-0.25, -0.2) is 8.42 Å². The van der Waals surface area contributed by atoms with Gasteiger partial charge in [0.05, 0.1) is 6.10 Å². The number of carbonyl (C=O) groups excluding carboxylic acids is 2. The zero-order valence-corrected chi connectivity index (χ0v) is 25.0. The number of ether oxygens (including phenoxy) is 1. The molecule has 2 aromatic rings. The quantitative estimate of drug-likeness (QED) is 0.501. The minimum absolute atomic E-state index is 0.0179. The molecule has 0 radical (unpaired) electrons. The van der Waals surface area contributed by atoms with Crippen LogP contribution in [0.15, 0.2) is 46.8 Å². The van der Waals surface area contributed by atoms with Crippen LogP contribution in [-0.2, 0) is 14.8 Å². The molecule has 2 fully saturated rings. The Hall–Kier alpha value is -3.75. The van der Waals surface area contributed by atoms with Gasteiger partial charge in [-0.15, -0.1) is 13.2 Å². The maximum Gasteiger partial charge on any atom is 0.573 e. The van der Waals surface area contributed by atoms with Crippen LogP contribution < -0.4 is 10.1 Å². The zero-order chi connectivity index (χ0) is 31.9. The fourth-order valence-corrected chi connectivity index (χ4v) is 6.97. The third-order valence-electron chi connectivity index (χ3n) is 8.23. The molecule has 5 rings (SSSR count). The second kappa shape index (κ2) is 12.0. The number of amides is 2. The van der Waals surface area contributed by atoms with Crippen molar-refractivity contribution in [3.63, 3.8) is 0 Å². The lowest BCUT2D eigenvalue weighted by molar-refractivity contribution is -0.274. The smallest absolute Gasteiger partial charge is 0.406 e. The summed E-state index contributed by atoms with van der Waals surface area (Å²) in [5.41, 5.74) is 1.67. The first-order valence-electron chi connectivity index (χ1n) is 14.2. The summed E-state index contributed by atoms with van der Waals surface area (Å²) in [6.45, 7) is 4.61. The molecule has 236 valence electrons. The molecule has 10 nitrogen and oxygen atoms in total. The summed E-state index contributed by atoms with van der Waals surface area (Å²) in [5.74, 6) is -0.916. The summed E-state index contributed by atoms with van der Waals surface area (Å²) in [6, 6.07) is 8.58. The van der Waals surface area contributed by atoms with Crippen molar-refractivity contribution >= 4 is 33.7 Å². The summed E-state index contributed by atoms with van der Waals surface area (Å²) < 4.78 is 69.6. The number of hydrogen-bond acceptors (Lipinski definition) is 7.